The molecule has 0 bridgehead atoms. The van der Waals surface area contributed by atoms with Crippen LogP contribution in [0.25, 0.3) is 16.9 Å². The molecule has 0 amide bonds. The summed E-state index contributed by atoms with van der Waals surface area (Å²) in [6.45, 7) is 3.68. The zero-order chi connectivity index (χ0) is 13.6. The van der Waals surface area contributed by atoms with E-state index >= 15 is 0 Å². The number of hydrogen-bond acceptors (Lipinski definition) is 3. The van der Waals surface area contributed by atoms with Crippen molar-refractivity contribution in [2.45, 2.75) is 13.8 Å². The van der Waals surface area contributed by atoms with Crippen molar-refractivity contribution in [3.8, 4) is 5.69 Å². The molecule has 1 aromatic carbocycles. The Labute approximate surface area is 110 Å². The lowest BCUT2D eigenvalue weighted by molar-refractivity contribution is 0.854. The first kappa shape index (κ1) is 11.6. The molecule has 0 saturated heterocycles. The van der Waals surface area contributed by atoms with Crippen molar-refractivity contribution in [2.75, 3.05) is 0 Å². The van der Waals surface area contributed by atoms with E-state index in [0.29, 0.717) is 17.0 Å². The zero-order valence-electron chi connectivity index (χ0n) is 11.1. The van der Waals surface area contributed by atoms with Gasteiger partial charge in [-0.1, -0.05) is 18.2 Å². The molecule has 0 spiro atoms. The van der Waals surface area contributed by atoms with Crippen LogP contribution in [0.2, 0.25) is 0 Å². The average Bonchev–Trinajstić information content (AvgIpc) is 2.66. The van der Waals surface area contributed by atoms with E-state index in [-0.39, 0.29) is 5.56 Å². The van der Waals surface area contributed by atoms with E-state index in [0.717, 1.165) is 11.5 Å². The summed E-state index contributed by atoms with van der Waals surface area (Å²) in [5, 5.41) is 0. The number of nitrogens with zero attached hydrogens (tertiary/aromatic N) is 4. The van der Waals surface area contributed by atoms with Gasteiger partial charge in [-0.05, 0) is 26.0 Å². The third-order valence-electron chi connectivity index (χ3n) is 3.31. The maximum atomic E-state index is 12.6. The lowest BCUT2D eigenvalue weighted by Gasteiger charge is -2.09. The van der Waals surface area contributed by atoms with E-state index in [1.165, 1.54) is 0 Å². The first-order chi connectivity index (χ1) is 9.09. The summed E-state index contributed by atoms with van der Waals surface area (Å²) >= 11 is 0. The maximum Gasteiger partial charge on any atom is 0.284 e. The fourth-order valence-corrected chi connectivity index (χ4v) is 2.25. The van der Waals surface area contributed by atoms with Crippen LogP contribution in [0.1, 0.15) is 11.6 Å². The molecule has 0 saturated carbocycles. The molecule has 2 heterocycles. The molecular formula is C14H14N4O. The third-order valence-corrected chi connectivity index (χ3v) is 3.31. The quantitative estimate of drug-likeness (QED) is 0.664. The average molecular weight is 254 g/mol. The third kappa shape index (κ3) is 1.66. The van der Waals surface area contributed by atoms with Gasteiger partial charge in [-0.25, -0.2) is 9.97 Å². The van der Waals surface area contributed by atoms with Crippen molar-refractivity contribution in [3.05, 3.63) is 52.3 Å². The number of aryl methyl sites for hydroxylation is 3. The molecule has 0 unspecified atom stereocenters. The van der Waals surface area contributed by atoms with Gasteiger partial charge in [0.2, 0.25) is 0 Å². The molecule has 0 aliphatic rings. The van der Waals surface area contributed by atoms with Gasteiger partial charge >= 0.3 is 0 Å². The Morgan fingerprint density at radius 1 is 1.00 bits per heavy atom. The highest BCUT2D eigenvalue weighted by molar-refractivity contribution is 5.71. The maximum absolute atomic E-state index is 12.6. The Morgan fingerprint density at radius 3 is 2.32 bits per heavy atom. The first-order valence-electron chi connectivity index (χ1n) is 6.07. The predicted molar refractivity (Wildman–Crippen MR) is 73.6 cm³/mol. The summed E-state index contributed by atoms with van der Waals surface area (Å²) in [5.74, 6) is 1.42. The van der Waals surface area contributed by atoms with Crippen molar-refractivity contribution in [1.29, 1.82) is 0 Å². The molecule has 5 heteroatoms. The second-order valence-corrected chi connectivity index (χ2v) is 4.53. The van der Waals surface area contributed by atoms with E-state index in [1.807, 2.05) is 51.2 Å². The van der Waals surface area contributed by atoms with E-state index in [9.17, 15) is 4.79 Å². The fourth-order valence-electron chi connectivity index (χ4n) is 2.25. The minimum absolute atomic E-state index is 0.0863. The molecule has 19 heavy (non-hydrogen) atoms. The van der Waals surface area contributed by atoms with Crippen LogP contribution in [-0.4, -0.2) is 19.1 Å². The van der Waals surface area contributed by atoms with Crippen LogP contribution in [0.15, 0.2) is 35.1 Å². The van der Waals surface area contributed by atoms with Gasteiger partial charge in [0.15, 0.2) is 11.2 Å². The van der Waals surface area contributed by atoms with E-state index < -0.39 is 0 Å². The number of rotatable bonds is 1. The molecule has 96 valence electrons. The van der Waals surface area contributed by atoms with Gasteiger partial charge in [0.05, 0.1) is 5.69 Å². The van der Waals surface area contributed by atoms with Crippen LogP contribution in [0, 0.1) is 13.8 Å². The van der Waals surface area contributed by atoms with Gasteiger partial charge in [0, 0.05) is 7.05 Å². The normalized spacial score (nSPS) is 11.1. The number of aromatic nitrogens is 4. The monoisotopic (exact) mass is 254 g/mol. The Morgan fingerprint density at radius 2 is 1.63 bits per heavy atom. The highest BCUT2D eigenvalue weighted by Gasteiger charge is 2.14. The van der Waals surface area contributed by atoms with Crippen molar-refractivity contribution in [1.82, 2.24) is 19.1 Å². The van der Waals surface area contributed by atoms with Gasteiger partial charge in [-0.2, -0.15) is 0 Å². The van der Waals surface area contributed by atoms with Gasteiger partial charge < -0.3 is 4.57 Å². The van der Waals surface area contributed by atoms with E-state index in [4.69, 9.17) is 0 Å². The number of benzene rings is 1. The number of para-hydroxylation sites is 1. The smallest absolute Gasteiger partial charge is 0.284 e. The van der Waals surface area contributed by atoms with Gasteiger partial charge in [0.25, 0.3) is 5.56 Å². The van der Waals surface area contributed by atoms with Gasteiger partial charge in [-0.15, -0.1) is 0 Å². The van der Waals surface area contributed by atoms with Crippen LogP contribution in [-0.2, 0) is 7.05 Å². The highest BCUT2D eigenvalue weighted by Crippen LogP contribution is 2.12. The Bertz CT molecular complexity index is 815. The van der Waals surface area contributed by atoms with Gasteiger partial charge in [-0.3, -0.25) is 9.36 Å². The van der Waals surface area contributed by atoms with Crippen molar-refractivity contribution in [2.24, 2.45) is 7.05 Å². The van der Waals surface area contributed by atoms with Gasteiger partial charge in [0.1, 0.15) is 11.6 Å². The molecule has 0 fully saturated rings. The van der Waals surface area contributed by atoms with Crippen LogP contribution >= 0.6 is 0 Å². The SMILES string of the molecule is Cc1nc2nc(C)n(C)c2c(=O)n1-c1ccccc1. The number of fused-ring (bicyclic) bond motifs is 1. The van der Waals surface area contributed by atoms with Crippen molar-refractivity contribution in [3.63, 3.8) is 0 Å². The summed E-state index contributed by atoms with van der Waals surface area (Å²) in [6.07, 6.45) is 0. The molecule has 0 aliphatic heterocycles. The number of imidazole rings is 1. The topological polar surface area (TPSA) is 52.7 Å². The summed E-state index contributed by atoms with van der Waals surface area (Å²) < 4.78 is 3.40. The largest absolute Gasteiger partial charge is 0.325 e. The summed E-state index contributed by atoms with van der Waals surface area (Å²) in [6, 6.07) is 9.51. The second kappa shape index (κ2) is 4.05. The molecule has 3 rings (SSSR count). The molecule has 5 nitrogen and oxygen atoms in total. The molecular weight excluding hydrogens is 240 g/mol. The predicted octanol–water partition coefficient (Wildman–Crippen LogP) is 1.74. The lowest BCUT2D eigenvalue weighted by atomic mass is 10.3. The highest BCUT2D eigenvalue weighted by atomic mass is 16.1. The summed E-state index contributed by atoms with van der Waals surface area (Å²) in [5.41, 5.74) is 1.77. The molecule has 3 aromatic rings. The number of hydrogen-bond donors (Lipinski definition) is 0. The van der Waals surface area contributed by atoms with Crippen LogP contribution in [0.4, 0.5) is 0 Å². The van der Waals surface area contributed by atoms with Crippen molar-refractivity contribution >= 4 is 11.2 Å². The van der Waals surface area contributed by atoms with Crippen molar-refractivity contribution < 1.29 is 0 Å². The first-order valence-corrected chi connectivity index (χ1v) is 6.07. The fraction of sp³-hybridized carbons (Fsp3) is 0.214. The summed E-state index contributed by atoms with van der Waals surface area (Å²) in [4.78, 5) is 21.4. The molecule has 0 aliphatic carbocycles. The molecule has 0 atom stereocenters. The standard InChI is InChI=1S/C14H14N4O/c1-9-15-13-12(17(9)3)14(19)18(10(2)16-13)11-7-5-4-6-8-11/h4-8H,1-3H3. The minimum atomic E-state index is -0.0863. The second-order valence-electron chi connectivity index (χ2n) is 4.53. The molecule has 0 N–H and O–H groups in total. The zero-order valence-corrected chi connectivity index (χ0v) is 11.1. The molecule has 0 radical (unpaired) electrons. The Hall–Kier alpha value is -2.43. The van der Waals surface area contributed by atoms with Crippen LogP contribution in [0.5, 0.6) is 0 Å². The van der Waals surface area contributed by atoms with E-state index in [2.05, 4.69) is 9.97 Å². The minimum Gasteiger partial charge on any atom is -0.325 e. The lowest BCUT2D eigenvalue weighted by Crippen LogP contribution is -2.23. The molecule has 2 aromatic heterocycles. The Balaban J connectivity index is 2.44. The Kier molecular flexibility index (Phi) is 2.48. The summed E-state index contributed by atoms with van der Waals surface area (Å²) in [7, 11) is 1.83. The van der Waals surface area contributed by atoms with Crippen LogP contribution in [0.3, 0.4) is 0 Å². The van der Waals surface area contributed by atoms with Crippen LogP contribution < -0.4 is 5.56 Å². The van der Waals surface area contributed by atoms with E-state index in [1.54, 1.807) is 9.13 Å².